The Hall–Kier alpha value is -5.80. The van der Waals surface area contributed by atoms with Crippen LogP contribution in [0.4, 0.5) is 0 Å². The van der Waals surface area contributed by atoms with Crippen molar-refractivity contribution in [2.45, 2.75) is 258 Å². The number of rotatable bonds is 4. The van der Waals surface area contributed by atoms with E-state index in [9.17, 15) is 40.9 Å². The van der Waals surface area contributed by atoms with E-state index in [4.69, 9.17) is 0 Å². The zero-order valence-corrected chi connectivity index (χ0v) is 65.9. The second-order valence-electron chi connectivity index (χ2n) is 39.4. The van der Waals surface area contributed by atoms with Crippen LogP contribution < -0.4 is 9.13 Å². The van der Waals surface area contributed by atoms with Gasteiger partial charge in [-0.3, -0.25) is 9.97 Å². The Morgan fingerprint density at radius 1 is 0.306 bits per heavy atom. The summed E-state index contributed by atoms with van der Waals surface area (Å²) in [7, 11) is 0. The van der Waals surface area contributed by atoms with Gasteiger partial charge in [-0.1, -0.05) is 125 Å². The number of aliphatic hydroxyl groups is 8. The van der Waals surface area contributed by atoms with E-state index in [0.717, 1.165) is 116 Å². The lowest BCUT2D eigenvalue weighted by Gasteiger charge is -2.58. The molecule has 8 saturated carbocycles. The van der Waals surface area contributed by atoms with E-state index in [-0.39, 0.29) is 92.2 Å². The van der Waals surface area contributed by atoms with Crippen molar-refractivity contribution >= 4 is 22.5 Å². The summed E-state index contributed by atoms with van der Waals surface area (Å²) < 4.78 is 4.57. The lowest BCUT2D eigenvalue weighted by molar-refractivity contribution is -0.590. The molecule has 0 amide bonds. The molecule has 4 aromatic rings. The van der Waals surface area contributed by atoms with Crippen molar-refractivity contribution in [2.24, 2.45) is 114 Å². The summed E-state index contributed by atoms with van der Waals surface area (Å²) in [4.78, 5) is 8.69. The average molecular weight is 1460 g/mol. The van der Waals surface area contributed by atoms with Crippen molar-refractivity contribution in [3.05, 3.63) is 192 Å². The van der Waals surface area contributed by atoms with Gasteiger partial charge < -0.3 is 40.9 Å². The number of hydrogen-bond donors (Lipinski definition) is 8. The molecule has 12 heteroatoms. The number of nitrogens with zero attached hydrogens (tertiary/aromatic N) is 4. The normalized spacial score (nSPS) is 46.0. The van der Waals surface area contributed by atoms with Crippen molar-refractivity contribution in [1.29, 1.82) is 0 Å². The molecule has 20 rings (SSSR count). The van der Waals surface area contributed by atoms with Crippen molar-refractivity contribution in [3.63, 3.8) is 0 Å². The van der Waals surface area contributed by atoms with Gasteiger partial charge in [-0.05, 0) is 318 Å². The molecule has 0 aromatic carbocycles. The zero-order chi connectivity index (χ0) is 75.2. The van der Waals surface area contributed by atoms with Gasteiger partial charge in [-0.15, -0.1) is 0 Å². The predicted molar refractivity (Wildman–Crippen MR) is 424 cm³/mol. The molecule has 0 aliphatic heterocycles. The van der Waals surface area contributed by atoms with Crippen LogP contribution in [0, 0.1) is 114 Å². The fraction of sp³-hybridized carbons (Fsp3) is 0.625. The number of fused-ring (bicyclic) bond motifs is 20. The molecule has 0 saturated heterocycles. The highest BCUT2D eigenvalue weighted by atomic mass is 16.3. The molecule has 12 nitrogen and oxygen atoms in total. The Bertz CT molecular complexity index is 3740. The van der Waals surface area contributed by atoms with E-state index in [1.54, 1.807) is 0 Å². The molecule has 16 aliphatic carbocycles. The van der Waals surface area contributed by atoms with Gasteiger partial charge in [0.1, 0.15) is 0 Å². The van der Waals surface area contributed by atoms with Crippen LogP contribution in [0.1, 0.15) is 221 Å². The summed E-state index contributed by atoms with van der Waals surface area (Å²) in [5, 5.41) is 85.3. The second kappa shape index (κ2) is 28.1. The zero-order valence-electron chi connectivity index (χ0n) is 65.9. The van der Waals surface area contributed by atoms with Crippen molar-refractivity contribution in [3.8, 4) is 0 Å². The first-order valence-corrected chi connectivity index (χ1v) is 42.6. The number of aromatic nitrogens is 4. The molecule has 28 atom stereocenters. The summed E-state index contributed by atoms with van der Waals surface area (Å²) in [5.41, 5.74) is 14.6. The fourth-order valence-corrected chi connectivity index (χ4v) is 28.6. The maximum absolute atomic E-state index is 11.2. The third-order valence-electron chi connectivity index (χ3n) is 34.6. The van der Waals surface area contributed by atoms with Crippen LogP contribution in [0.3, 0.4) is 0 Å². The molecule has 4 heterocycles. The summed E-state index contributed by atoms with van der Waals surface area (Å²) >= 11 is 0. The topological polar surface area (TPSA) is 195 Å². The molecule has 8 fully saturated rings. The molecule has 0 bridgehead atoms. The molecule has 4 aromatic heterocycles. The van der Waals surface area contributed by atoms with Gasteiger partial charge in [0.15, 0.2) is 36.2 Å². The maximum Gasteiger partial charge on any atom is 0.189 e. The van der Waals surface area contributed by atoms with Gasteiger partial charge in [0.2, 0.25) is 0 Å². The van der Waals surface area contributed by atoms with Crippen LogP contribution in [0.2, 0.25) is 0 Å². The summed E-state index contributed by atoms with van der Waals surface area (Å²) in [6.45, 7) is 19.3. The Morgan fingerprint density at radius 2 is 0.574 bits per heavy atom. The minimum Gasteiger partial charge on any atom is -0.393 e. The highest BCUT2D eigenvalue weighted by Crippen LogP contribution is 2.71. The van der Waals surface area contributed by atoms with E-state index in [0.29, 0.717) is 71.0 Å². The lowest BCUT2D eigenvalue weighted by Crippen LogP contribution is -2.55. The number of pyridine rings is 4. The Labute approximate surface area is 643 Å². The molecular formula is C96H126N4O8+2. The van der Waals surface area contributed by atoms with Crippen molar-refractivity contribution < 1.29 is 50.0 Å². The molecule has 576 valence electrons. The molecule has 16 aliphatic rings. The third kappa shape index (κ3) is 12.0. The van der Waals surface area contributed by atoms with Crippen LogP contribution in [0.5, 0.6) is 0 Å². The molecule has 0 radical (unpaired) electrons. The van der Waals surface area contributed by atoms with Crippen molar-refractivity contribution in [2.75, 3.05) is 0 Å². The molecule has 0 spiro atoms. The number of hydrogen-bond acceptors (Lipinski definition) is 10. The van der Waals surface area contributed by atoms with Crippen molar-refractivity contribution in [1.82, 2.24) is 9.97 Å². The van der Waals surface area contributed by atoms with Gasteiger partial charge in [0, 0.05) is 49.1 Å². The first kappa shape index (κ1) is 74.9. The lowest BCUT2D eigenvalue weighted by atomic mass is 9.46. The maximum atomic E-state index is 11.2. The van der Waals surface area contributed by atoms with E-state index < -0.39 is 0 Å². The van der Waals surface area contributed by atoms with E-state index in [1.807, 2.05) is 36.9 Å². The smallest absolute Gasteiger partial charge is 0.189 e. The minimum atomic E-state index is -0.380. The second-order valence-corrected chi connectivity index (χ2v) is 39.4. The Balaban J connectivity index is 0.000000105. The minimum absolute atomic E-state index is 0.126. The average Bonchev–Trinajstić information content (AvgIpc) is 1.58. The summed E-state index contributed by atoms with van der Waals surface area (Å²) in [5.74, 6) is 5.38. The van der Waals surface area contributed by atoms with Crippen LogP contribution in [-0.4, -0.2) is 99.7 Å². The monoisotopic (exact) mass is 1460 g/mol. The SMILES string of the molecule is C[C@]12CC[C@H](O)CC1=C[C@@H](O)[C@@H]1[C@@H]2CC[C@]2(C)C([n+]3ccccc3)=CC[C@@H]12.C[C@]12CC[C@H](O)CC1=C[C@H](O)[C@@H]1[C@@H]2CC[C@]2(C)C([n+]3ccccc3)=CC[C@@H]12.C[C@]12CC[C@H](O)CC1=C[C@H](O)[C@@H]1[C@@H]2CC[C@]2(C)C(c3cccnc3)=CC[C@@H]12.C[C@]12CC[C@H](O)CC1=C[C@H](O)[C@@H]1[C@@H]2CC[C@]2(C)C(c3cccnc3)=CC[C@@H]12. The van der Waals surface area contributed by atoms with Gasteiger partial charge in [-0.2, -0.15) is 9.13 Å². The fourth-order valence-electron chi connectivity index (χ4n) is 28.6. The van der Waals surface area contributed by atoms with Gasteiger partial charge in [-0.25, -0.2) is 0 Å². The van der Waals surface area contributed by atoms with Crippen LogP contribution in [-0.2, 0) is 0 Å². The van der Waals surface area contributed by atoms with Gasteiger partial charge in [0.25, 0.3) is 0 Å². The number of allylic oxidation sites excluding steroid dienone is 8. The molecule has 108 heavy (non-hydrogen) atoms. The predicted octanol–water partition coefficient (Wildman–Crippen LogP) is 16.2. The van der Waals surface area contributed by atoms with Crippen LogP contribution in [0.25, 0.3) is 22.5 Å². The Kier molecular flexibility index (Phi) is 19.5. The standard InChI is InChI=1S/2C24H31NO2.2C24H32NO2/c2*1-23-9-7-17(26)12-16(23)13-21(27)22-19-6-5-18(15-4-3-11-25-14-15)24(19,2)10-8-20(22)23;2*1-23-10-8-17(26)14-16(23)15-20(27)22-18-6-7-21(25-12-4-3-5-13-25)24(18,2)11-9-19(22)23/h2*3-5,11,13-14,17,19-22,26-27H,6-10,12H2,1-2H3;2*3-5,7,12-13,15,17-20,22,26-27H,6,8-11,14H2,1-2H3/q;;2*+1/t2*17-,19-,20-,21-,22-,23-,24+;17-,18-,19-,20+,22-,23-,24-;17-,18-,19-,20-,22-,23-,24-/m0000/s1. The molecule has 8 N–H and O–H groups in total. The quantitative estimate of drug-likeness (QED) is 0.0720. The largest absolute Gasteiger partial charge is 0.393 e. The highest BCUT2D eigenvalue weighted by Gasteiger charge is 2.65. The summed E-state index contributed by atoms with van der Waals surface area (Å²) in [6.07, 6.45) is 56.5. The third-order valence-corrected chi connectivity index (χ3v) is 34.6. The van der Waals surface area contributed by atoms with E-state index >= 15 is 0 Å². The molecular weight excluding hydrogens is 1340 g/mol. The molecule has 0 unspecified atom stereocenters. The number of aliphatic hydroxyl groups excluding tert-OH is 8. The Morgan fingerprint density at radius 3 is 0.861 bits per heavy atom. The van der Waals surface area contributed by atoms with Crippen LogP contribution in [0.15, 0.2) is 181 Å². The first-order valence-electron chi connectivity index (χ1n) is 42.6. The van der Waals surface area contributed by atoms with Gasteiger partial charge >= 0.3 is 0 Å². The first-order chi connectivity index (χ1) is 51.7. The van der Waals surface area contributed by atoms with Crippen LogP contribution >= 0.6 is 0 Å². The van der Waals surface area contributed by atoms with Gasteiger partial charge in [0.05, 0.1) is 59.7 Å². The van der Waals surface area contributed by atoms with E-state index in [2.05, 4.69) is 196 Å². The highest BCUT2D eigenvalue weighted by molar-refractivity contribution is 5.73. The van der Waals surface area contributed by atoms with E-state index in [1.165, 1.54) is 94.5 Å². The summed E-state index contributed by atoms with van der Waals surface area (Å²) in [6, 6.07) is 20.9.